The summed E-state index contributed by atoms with van der Waals surface area (Å²) in [5, 5.41) is 7.35. The van der Waals surface area contributed by atoms with E-state index < -0.39 is 0 Å². The number of aromatic amines is 1. The summed E-state index contributed by atoms with van der Waals surface area (Å²) in [6.45, 7) is 10.4. The number of nitrogens with one attached hydrogen (secondary N) is 1. The molecule has 0 aromatic carbocycles. The average molecular weight is 278 g/mol. The minimum absolute atomic E-state index is 0.396. The minimum atomic E-state index is 0.396. The highest BCUT2D eigenvalue weighted by Gasteiger charge is 2.51. The average Bonchev–Trinajstić information content (AvgIpc) is 2.91. The topological polar surface area (TPSA) is 44.4 Å². The van der Waals surface area contributed by atoms with Gasteiger partial charge in [-0.1, -0.05) is 0 Å². The maximum atomic E-state index is 5.60. The molecule has 2 fully saturated rings. The molecule has 0 saturated carbocycles. The van der Waals surface area contributed by atoms with Crippen molar-refractivity contribution in [3.63, 3.8) is 0 Å². The predicted octanol–water partition coefficient (Wildman–Crippen LogP) is 1.26. The molecule has 5 heteroatoms. The van der Waals surface area contributed by atoms with E-state index in [1.807, 2.05) is 0 Å². The molecule has 2 aliphatic heterocycles. The fourth-order valence-electron chi connectivity index (χ4n) is 3.79. The van der Waals surface area contributed by atoms with Crippen LogP contribution in [0.3, 0.4) is 0 Å². The molecule has 3 heterocycles. The van der Waals surface area contributed by atoms with E-state index in [4.69, 9.17) is 4.74 Å². The number of nitrogens with zero attached hydrogens (tertiary/aromatic N) is 3. The molecule has 0 bridgehead atoms. The van der Waals surface area contributed by atoms with Crippen LogP contribution in [0.25, 0.3) is 0 Å². The standard InChI is InChI=1S/C15H26N4O/c1-4-20-9-13-6-15(18(3)7-13)10-19(11-15)8-14-5-12(2)16-17-14/h5,13H,4,6-11H2,1-3H3,(H,16,17). The van der Waals surface area contributed by atoms with Crippen LogP contribution in [0.5, 0.6) is 0 Å². The van der Waals surface area contributed by atoms with Crippen molar-refractivity contribution in [3.05, 3.63) is 17.5 Å². The van der Waals surface area contributed by atoms with Crippen molar-refractivity contribution in [1.82, 2.24) is 20.0 Å². The molecule has 5 nitrogen and oxygen atoms in total. The highest BCUT2D eigenvalue weighted by atomic mass is 16.5. The van der Waals surface area contributed by atoms with Gasteiger partial charge in [0.2, 0.25) is 0 Å². The summed E-state index contributed by atoms with van der Waals surface area (Å²) in [5.41, 5.74) is 2.70. The number of likely N-dealkylation sites (tertiary alicyclic amines) is 2. The van der Waals surface area contributed by atoms with Gasteiger partial charge in [0.1, 0.15) is 0 Å². The molecule has 1 aromatic heterocycles. The summed E-state index contributed by atoms with van der Waals surface area (Å²) < 4.78 is 5.60. The molecule has 3 rings (SSSR count). The normalized spacial score (nSPS) is 26.2. The zero-order valence-electron chi connectivity index (χ0n) is 12.9. The Kier molecular flexibility index (Phi) is 3.84. The van der Waals surface area contributed by atoms with Gasteiger partial charge in [-0.2, -0.15) is 5.10 Å². The van der Waals surface area contributed by atoms with E-state index >= 15 is 0 Å². The Morgan fingerprint density at radius 1 is 1.50 bits per heavy atom. The van der Waals surface area contributed by atoms with E-state index in [1.165, 1.54) is 13.0 Å². The largest absolute Gasteiger partial charge is 0.381 e. The molecule has 2 saturated heterocycles. The lowest BCUT2D eigenvalue weighted by Gasteiger charge is -2.52. The SMILES string of the molecule is CCOCC1CN(C)C2(C1)CN(Cc1cc(C)[nH]n1)C2. The van der Waals surface area contributed by atoms with Gasteiger partial charge in [-0.3, -0.25) is 14.9 Å². The number of hydrogen-bond acceptors (Lipinski definition) is 4. The summed E-state index contributed by atoms with van der Waals surface area (Å²) in [4.78, 5) is 5.04. The molecular formula is C15H26N4O. The predicted molar refractivity (Wildman–Crippen MR) is 78.6 cm³/mol. The Morgan fingerprint density at radius 3 is 2.95 bits per heavy atom. The van der Waals surface area contributed by atoms with Crippen LogP contribution in [0, 0.1) is 12.8 Å². The molecule has 1 aromatic rings. The fourth-order valence-corrected chi connectivity index (χ4v) is 3.79. The Morgan fingerprint density at radius 2 is 2.30 bits per heavy atom. The highest BCUT2D eigenvalue weighted by Crippen LogP contribution is 2.39. The van der Waals surface area contributed by atoms with Gasteiger partial charge in [0, 0.05) is 44.0 Å². The van der Waals surface area contributed by atoms with Gasteiger partial charge in [-0.05, 0) is 39.3 Å². The van der Waals surface area contributed by atoms with Crippen LogP contribution < -0.4 is 0 Å². The molecule has 0 aliphatic carbocycles. The summed E-state index contributed by atoms with van der Waals surface area (Å²) in [7, 11) is 2.27. The molecule has 112 valence electrons. The molecular weight excluding hydrogens is 252 g/mol. The first kappa shape index (κ1) is 14.0. The number of aromatic nitrogens is 2. The van der Waals surface area contributed by atoms with Crippen molar-refractivity contribution in [2.45, 2.75) is 32.4 Å². The van der Waals surface area contributed by atoms with Crippen molar-refractivity contribution < 1.29 is 4.74 Å². The number of likely N-dealkylation sites (N-methyl/N-ethyl adjacent to an activating group) is 1. The first-order valence-electron chi connectivity index (χ1n) is 7.63. The first-order valence-corrected chi connectivity index (χ1v) is 7.63. The van der Waals surface area contributed by atoms with Gasteiger partial charge in [-0.25, -0.2) is 0 Å². The van der Waals surface area contributed by atoms with E-state index in [0.29, 0.717) is 11.5 Å². The highest BCUT2D eigenvalue weighted by molar-refractivity contribution is 5.12. The summed E-state index contributed by atoms with van der Waals surface area (Å²) in [5.74, 6) is 0.703. The smallest absolute Gasteiger partial charge is 0.0765 e. The van der Waals surface area contributed by atoms with E-state index in [2.05, 4.69) is 47.0 Å². The van der Waals surface area contributed by atoms with Crippen LogP contribution in [-0.4, -0.2) is 65.4 Å². The molecule has 1 spiro atoms. The van der Waals surface area contributed by atoms with Gasteiger partial charge in [-0.15, -0.1) is 0 Å². The van der Waals surface area contributed by atoms with Crippen molar-refractivity contribution >= 4 is 0 Å². The third kappa shape index (κ3) is 2.62. The van der Waals surface area contributed by atoms with E-state index in [-0.39, 0.29) is 0 Å². The lowest BCUT2D eigenvalue weighted by molar-refractivity contribution is -0.0232. The van der Waals surface area contributed by atoms with Crippen LogP contribution in [-0.2, 0) is 11.3 Å². The second kappa shape index (κ2) is 5.47. The number of rotatable bonds is 5. The van der Waals surface area contributed by atoms with Crippen molar-refractivity contribution in [3.8, 4) is 0 Å². The third-order valence-electron chi connectivity index (χ3n) is 4.75. The van der Waals surface area contributed by atoms with Crippen molar-refractivity contribution in [1.29, 1.82) is 0 Å². The van der Waals surface area contributed by atoms with Gasteiger partial charge in [0.05, 0.1) is 12.3 Å². The number of ether oxygens (including phenoxy) is 1. The minimum Gasteiger partial charge on any atom is -0.381 e. The monoisotopic (exact) mass is 278 g/mol. The van der Waals surface area contributed by atoms with Crippen LogP contribution in [0.4, 0.5) is 0 Å². The Labute approximate surface area is 121 Å². The summed E-state index contributed by atoms with van der Waals surface area (Å²) in [6, 6.07) is 2.14. The fraction of sp³-hybridized carbons (Fsp3) is 0.800. The Hall–Kier alpha value is -0.910. The van der Waals surface area contributed by atoms with Gasteiger partial charge < -0.3 is 4.74 Å². The first-order chi connectivity index (χ1) is 9.61. The Balaban J connectivity index is 1.51. The quantitative estimate of drug-likeness (QED) is 0.881. The second-order valence-corrected chi connectivity index (χ2v) is 6.52. The molecule has 20 heavy (non-hydrogen) atoms. The van der Waals surface area contributed by atoms with E-state index in [9.17, 15) is 0 Å². The maximum absolute atomic E-state index is 5.60. The number of H-pyrrole nitrogens is 1. The maximum Gasteiger partial charge on any atom is 0.0765 e. The van der Waals surface area contributed by atoms with Crippen molar-refractivity contribution in [2.24, 2.45) is 5.92 Å². The summed E-state index contributed by atoms with van der Waals surface area (Å²) >= 11 is 0. The number of hydrogen-bond donors (Lipinski definition) is 1. The van der Waals surface area contributed by atoms with Gasteiger partial charge in [0.15, 0.2) is 0 Å². The zero-order valence-corrected chi connectivity index (χ0v) is 12.9. The lowest BCUT2D eigenvalue weighted by atomic mass is 9.84. The van der Waals surface area contributed by atoms with Crippen molar-refractivity contribution in [2.75, 3.05) is 39.9 Å². The lowest BCUT2D eigenvalue weighted by Crippen LogP contribution is -2.66. The van der Waals surface area contributed by atoms with Crippen LogP contribution in [0.1, 0.15) is 24.7 Å². The van der Waals surface area contributed by atoms with E-state index in [0.717, 1.165) is 44.2 Å². The third-order valence-corrected chi connectivity index (χ3v) is 4.75. The molecule has 0 radical (unpaired) electrons. The molecule has 1 N–H and O–H groups in total. The molecule has 2 aliphatic rings. The molecule has 1 unspecified atom stereocenters. The summed E-state index contributed by atoms with van der Waals surface area (Å²) in [6.07, 6.45) is 1.28. The van der Waals surface area contributed by atoms with E-state index in [1.54, 1.807) is 0 Å². The molecule has 1 atom stereocenters. The zero-order chi connectivity index (χ0) is 14.2. The van der Waals surface area contributed by atoms with Gasteiger partial charge >= 0.3 is 0 Å². The van der Waals surface area contributed by atoms with Crippen LogP contribution in [0.2, 0.25) is 0 Å². The van der Waals surface area contributed by atoms with Crippen LogP contribution >= 0.6 is 0 Å². The molecule has 0 amide bonds. The number of aryl methyl sites for hydroxylation is 1. The van der Waals surface area contributed by atoms with Gasteiger partial charge in [0.25, 0.3) is 0 Å². The van der Waals surface area contributed by atoms with Crippen LogP contribution in [0.15, 0.2) is 6.07 Å². The Bertz CT molecular complexity index is 452. The second-order valence-electron chi connectivity index (χ2n) is 6.52.